The lowest BCUT2D eigenvalue weighted by atomic mass is 10.0. The van der Waals surface area contributed by atoms with E-state index in [1.54, 1.807) is 30.3 Å². The quantitative estimate of drug-likeness (QED) is 0.929. The molecular formula is C15H10F2N2O. The Hall–Kier alpha value is -2.74. The van der Waals surface area contributed by atoms with Gasteiger partial charge in [0.25, 0.3) is 0 Å². The summed E-state index contributed by atoms with van der Waals surface area (Å²) < 4.78 is 26.5. The molecule has 5 heteroatoms. The lowest BCUT2D eigenvalue weighted by molar-refractivity contribution is -0.115. The molecule has 2 aromatic rings. The van der Waals surface area contributed by atoms with Gasteiger partial charge in [-0.15, -0.1) is 0 Å². The van der Waals surface area contributed by atoms with Crippen molar-refractivity contribution in [2.75, 3.05) is 5.32 Å². The smallest absolute Gasteiger partial charge is 0.238 e. The van der Waals surface area contributed by atoms with E-state index in [1.807, 2.05) is 0 Å². The third-order valence-electron chi connectivity index (χ3n) is 2.61. The van der Waals surface area contributed by atoms with Crippen LogP contribution in [0.15, 0.2) is 42.5 Å². The molecule has 0 spiro atoms. The van der Waals surface area contributed by atoms with Gasteiger partial charge in [0.1, 0.15) is 18.1 Å². The molecule has 0 heterocycles. The van der Waals surface area contributed by atoms with Crippen LogP contribution < -0.4 is 5.32 Å². The number of anilines is 1. The number of halogens is 2. The summed E-state index contributed by atoms with van der Waals surface area (Å²) in [4.78, 5) is 11.4. The Morgan fingerprint density at radius 2 is 1.80 bits per heavy atom. The lowest BCUT2D eigenvalue weighted by Crippen LogP contribution is -2.10. The van der Waals surface area contributed by atoms with Gasteiger partial charge < -0.3 is 5.32 Å². The van der Waals surface area contributed by atoms with Crippen LogP contribution in [0.3, 0.4) is 0 Å². The van der Waals surface area contributed by atoms with Crippen LogP contribution in [-0.4, -0.2) is 5.91 Å². The van der Waals surface area contributed by atoms with Crippen molar-refractivity contribution in [3.05, 3.63) is 54.1 Å². The Kier molecular flexibility index (Phi) is 4.06. The molecule has 0 aliphatic heterocycles. The van der Waals surface area contributed by atoms with Gasteiger partial charge in [0, 0.05) is 17.3 Å². The molecule has 0 aromatic heterocycles. The van der Waals surface area contributed by atoms with Crippen molar-refractivity contribution in [1.82, 2.24) is 0 Å². The van der Waals surface area contributed by atoms with Crippen LogP contribution >= 0.6 is 0 Å². The van der Waals surface area contributed by atoms with E-state index in [1.165, 1.54) is 12.1 Å². The molecule has 1 amide bonds. The largest absolute Gasteiger partial charge is 0.325 e. The van der Waals surface area contributed by atoms with Crippen molar-refractivity contribution in [1.29, 1.82) is 5.26 Å². The van der Waals surface area contributed by atoms with Crippen LogP contribution in [-0.2, 0) is 4.79 Å². The molecule has 0 radical (unpaired) electrons. The van der Waals surface area contributed by atoms with E-state index < -0.39 is 17.5 Å². The maximum Gasteiger partial charge on any atom is 0.238 e. The van der Waals surface area contributed by atoms with E-state index in [0.717, 1.165) is 6.07 Å². The minimum absolute atomic E-state index is 0.286. The van der Waals surface area contributed by atoms with Crippen LogP contribution in [0.2, 0.25) is 0 Å². The molecule has 1 N–H and O–H groups in total. The van der Waals surface area contributed by atoms with Crippen LogP contribution in [0.5, 0.6) is 0 Å². The number of benzene rings is 2. The van der Waals surface area contributed by atoms with E-state index >= 15 is 0 Å². The predicted octanol–water partition coefficient (Wildman–Crippen LogP) is 3.48. The average Bonchev–Trinajstić information content (AvgIpc) is 2.38. The number of amides is 1. The van der Waals surface area contributed by atoms with Gasteiger partial charge in [-0.05, 0) is 23.8 Å². The van der Waals surface area contributed by atoms with Crippen molar-refractivity contribution in [3.63, 3.8) is 0 Å². The highest BCUT2D eigenvalue weighted by molar-refractivity contribution is 5.96. The maximum absolute atomic E-state index is 13.3. The minimum atomic E-state index is -0.696. The van der Waals surface area contributed by atoms with Crippen molar-refractivity contribution in [2.24, 2.45) is 0 Å². The summed E-state index contributed by atoms with van der Waals surface area (Å²) in [6.07, 6.45) is -0.286. The summed E-state index contributed by atoms with van der Waals surface area (Å²) in [7, 11) is 0. The molecule has 0 unspecified atom stereocenters. The van der Waals surface area contributed by atoms with E-state index in [0.29, 0.717) is 16.8 Å². The van der Waals surface area contributed by atoms with Crippen molar-refractivity contribution in [3.8, 4) is 17.2 Å². The molecule has 0 aliphatic carbocycles. The number of nitrogens with zero attached hydrogens (tertiary/aromatic N) is 1. The number of carbonyl (C=O) groups excluding carboxylic acids is 1. The summed E-state index contributed by atoms with van der Waals surface area (Å²) in [5, 5.41) is 11.0. The monoisotopic (exact) mass is 272 g/mol. The molecule has 0 fully saturated rings. The fourth-order valence-electron chi connectivity index (χ4n) is 1.82. The number of nitrogens with one attached hydrogen (secondary N) is 1. The van der Waals surface area contributed by atoms with Gasteiger partial charge in [-0.25, -0.2) is 8.78 Å². The maximum atomic E-state index is 13.3. The highest BCUT2D eigenvalue weighted by Crippen LogP contribution is 2.29. The molecule has 100 valence electrons. The summed E-state index contributed by atoms with van der Waals surface area (Å²) in [6, 6.07) is 11.5. The first-order chi connectivity index (χ1) is 9.60. The second kappa shape index (κ2) is 5.93. The number of hydrogen-bond donors (Lipinski definition) is 1. The molecule has 0 aliphatic rings. The van der Waals surface area contributed by atoms with Gasteiger partial charge in [0.15, 0.2) is 0 Å². The van der Waals surface area contributed by atoms with Gasteiger partial charge in [0.2, 0.25) is 5.91 Å². The summed E-state index contributed by atoms with van der Waals surface area (Å²) >= 11 is 0. The highest BCUT2D eigenvalue weighted by atomic mass is 19.1. The molecule has 20 heavy (non-hydrogen) atoms. The van der Waals surface area contributed by atoms with E-state index in [-0.39, 0.29) is 6.42 Å². The average molecular weight is 272 g/mol. The first-order valence-corrected chi connectivity index (χ1v) is 5.82. The summed E-state index contributed by atoms with van der Waals surface area (Å²) in [5.41, 5.74) is 1.20. The van der Waals surface area contributed by atoms with E-state index in [9.17, 15) is 13.6 Å². The zero-order valence-corrected chi connectivity index (χ0v) is 10.4. The number of hydrogen-bond acceptors (Lipinski definition) is 2. The second-order valence-electron chi connectivity index (χ2n) is 4.09. The summed E-state index contributed by atoms with van der Waals surface area (Å²) in [5.74, 6) is -1.87. The molecule has 0 atom stereocenters. The normalized spacial score (nSPS) is 9.85. The molecule has 0 saturated heterocycles. The minimum Gasteiger partial charge on any atom is -0.325 e. The SMILES string of the molecule is N#CCC(=O)Nc1ccccc1-c1cc(F)cc(F)c1. The number of para-hydroxylation sites is 1. The lowest BCUT2D eigenvalue weighted by Gasteiger charge is -2.10. The van der Waals surface area contributed by atoms with Gasteiger partial charge in [0.05, 0.1) is 6.07 Å². The third kappa shape index (κ3) is 3.18. The van der Waals surface area contributed by atoms with E-state index in [4.69, 9.17) is 5.26 Å². The Labute approximate surface area is 114 Å². The fraction of sp³-hybridized carbons (Fsp3) is 0.0667. The number of nitriles is 1. The Bertz CT molecular complexity index is 672. The fourth-order valence-corrected chi connectivity index (χ4v) is 1.82. The topological polar surface area (TPSA) is 52.9 Å². The predicted molar refractivity (Wildman–Crippen MR) is 70.7 cm³/mol. The number of rotatable bonds is 3. The van der Waals surface area contributed by atoms with Crippen LogP contribution in [0, 0.1) is 23.0 Å². The first kappa shape index (κ1) is 13.7. The zero-order valence-electron chi connectivity index (χ0n) is 10.4. The molecule has 3 nitrogen and oxygen atoms in total. The molecule has 0 saturated carbocycles. The number of carbonyl (C=O) groups is 1. The van der Waals surface area contributed by atoms with Gasteiger partial charge in [-0.3, -0.25) is 4.79 Å². The van der Waals surface area contributed by atoms with Crippen molar-refractivity contribution in [2.45, 2.75) is 6.42 Å². The first-order valence-electron chi connectivity index (χ1n) is 5.82. The zero-order chi connectivity index (χ0) is 14.5. The Morgan fingerprint density at radius 1 is 1.15 bits per heavy atom. The van der Waals surface area contributed by atoms with Crippen molar-refractivity contribution < 1.29 is 13.6 Å². The molecule has 0 bridgehead atoms. The van der Waals surface area contributed by atoms with Gasteiger partial charge in [-0.2, -0.15) is 5.26 Å². The Morgan fingerprint density at radius 3 is 2.45 bits per heavy atom. The molecular weight excluding hydrogens is 262 g/mol. The van der Waals surface area contributed by atoms with Gasteiger partial charge in [-0.1, -0.05) is 18.2 Å². The van der Waals surface area contributed by atoms with Crippen LogP contribution in [0.25, 0.3) is 11.1 Å². The Balaban J connectivity index is 2.42. The highest BCUT2D eigenvalue weighted by Gasteiger charge is 2.10. The van der Waals surface area contributed by atoms with Crippen molar-refractivity contribution >= 4 is 11.6 Å². The standard InChI is InChI=1S/C15H10F2N2O/c16-11-7-10(8-12(17)9-11)13-3-1-2-4-14(13)19-15(20)5-6-18/h1-4,7-9H,5H2,(H,19,20). The summed E-state index contributed by atoms with van der Waals surface area (Å²) in [6.45, 7) is 0. The van der Waals surface area contributed by atoms with Crippen LogP contribution in [0.1, 0.15) is 6.42 Å². The van der Waals surface area contributed by atoms with E-state index in [2.05, 4.69) is 5.32 Å². The molecule has 2 rings (SSSR count). The second-order valence-corrected chi connectivity index (χ2v) is 4.09. The molecule has 2 aromatic carbocycles. The third-order valence-corrected chi connectivity index (χ3v) is 2.61. The van der Waals surface area contributed by atoms with Crippen LogP contribution in [0.4, 0.5) is 14.5 Å². The van der Waals surface area contributed by atoms with Gasteiger partial charge >= 0.3 is 0 Å².